The lowest BCUT2D eigenvalue weighted by molar-refractivity contribution is -0.138. The first kappa shape index (κ1) is 28.8. The van der Waals surface area contributed by atoms with E-state index in [0.29, 0.717) is 48.1 Å². The molecule has 0 saturated heterocycles. The molecule has 1 atom stereocenters. The molecule has 1 unspecified atom stereocenters. The first-order valence-electron chi connectivity index (χ1n) is 12.7. The molecule has 0 amide bonds. The molecule has 0 N–H and O–H groups in total. The van der Waals surface area contributed by atoms with Crippen molar-refractivity contribution in [1.82, 2.24) is 4.98 Å². The van der Waals surface area contributed by atoms with Gasteiger partial charge in [-0.3, -0.25) is 0 Å². The molecule has 0 fully saturated rings. The summed E-state index contributed by atoms with van der Waals surface area (Å²) < 4.78 is 56.1. The summed E-state index contributed by atoms with van der Waals surface area (Å²) in [5, 5.41) is 0. The van der Waals surface area contributed by atoms with Crippen LogP contribution in [0.2, 0.25) is 0 Å². The van der Waals surface area contributed by atoms with Crippen molar-refractivity contribution in [2.24, 2.45) is 0 Å². The van der Waals surface area contributed by atoms with E-state index in [1.165, 1.54) is 18.2 Å². The lowest BCUT2D eigenvalue weighted by atomic mass is 10.1. The Morgan fingerprint density at radius 2 is 1.74 bits per heavy atom. The number of alkyl halides is 3. The number of rotatable bonds is 12. The summed E-state index contributed by atoms with van der Waals surface area (Å²) in [6.07, 6.45) is 0.745. The van der Waals surface area contributed by atoms with Crippen LogP contribution in [0.5, 0.6) is 11.5 Å². The van der Waals surface area contributed by atoms with Crippen LogP contribution in [0.15, 0.2) is 66.7 Å². The molecule has 0 aliphatic heterocycles. The maximum absolute atomic E-state index is 13.0. The van der Waals surface area contributed by atoms with E-state index in [0.717, 1.165) is 30.5 Å². The summed E-state index contributed by atoms with van der Waals surface area (Å²) in [4.78, 5) is 16.4. The van der Waals surface area contributed by atoms with E-state index < -0.39 is 23.8 Å². The number of hydrogen-bond donors (Lipinski definition) is 0. The summed E-state index contributed by atoms with van der Waals surface area (Å²) >= 11 is 0. The molecule has 1 heterocycles. The zero-order valence-electron chi connectivity index (χ0n) is 21.8. The number of hydrogen-bond acceptors (Lipinski definition) is 5. The molecule has 0 bridgehead atoms. The Morgan fingerprint density at radius 1 is 0.974 bits per heavy atom. The van der Waals surface area contributed by atoms with Crippen LogP contribution < -0.4 is 9.47 Å². The lowest BCUT2D eigenvalue weighted by Crippen LogP contribution is -2.11. The lowest BCUT2D eigenvalue weighted by Gasteiger charge is -2.21. The first-order valence-corrected chi connectivity index (χ1v) is 12.7. The molecule has 0 radical (unpaired) electrons. The second kappa shape index (κ2) is 13.7. The minimum Gasteiger partial charge on any atom is -0.490 e. The topological polar surface area (TPSA) is 57.7 Å². The highest BCUT2D eigenvalue weighted by Crippen LogP contribution is 2.35. The van der Waals surface area contributed by atoms with Gasteiger partial charge < -0.3 is 14.2 Å². The molecule has 0 aliphatic carbocycles. The Kier molecular flexibility index (Phi) is 10.3. The van der Waals surface area contributed by atoms with Crippen molar-refractivity contribution in [3.63, 3.8) is 0 Å². The molecule has 1 aromatic heterocycles. The average Bonchev–Trinajstić information content (AvgIpc) is 2.91. The molecular weight excluding hydrogens is 495 g/mol. The van der Waals surface area contributed by atoms with Crippen LogP contribution in [-0.4, -0.2) is 24.2 Å². The summed E-state index contributed by atoms with van der Waals surface area (Å²) in [6.45, 7) is 6.41. The second-order valence-electron chi connectivity index (χ2n) is 8.50. The normalized spacial score (nSPS) is 12.4. The molecule has 8 heteroatoms. The summed E-state index contributed by atoms with van der Waals surface area (Å²) in [5.74, 6) is 0.631. The van der Waals surface area contributed by atoms with Gasteiger partial charge in [0.05, 0.1) is 30.2 Å². The predicted molar refractivity (Wildman–Crippen MR) is 141 cm³/mol. The smallest absolute Gasteiger partial charge is 0.416 e. The van der Waals surface area contributed by atoms with Gasteiger partial charge in [-0.05, 0) is 74.7 Å². The number of carbonyl (C=O) groups is 1. The predicted octanol–water partition coefficient (Wildman–Crippen LogP) is 8.05. The summed E-state index contributed by atoms with van der Waals surface area (Å²) in [5.41, 5.74) is 1.86. The Labute approximate surface area is 221 Å². The van der Waals surface area contributed by atoms with E-state index in [4.69, 9.17) is 19.2 Å². The fourth-order valence-electron chi connectivity index (χ4n) is 3.78. The van der Waals surface area contributed by atoms with E-state index >= 15 is 0 Å². The molecule has 3 rings (SSSR count). The van der Waals surface area contributed by atoms with Crippen LogP contribution in [0.25, 0.3) is 17.3 Å². The Hall–Kier alpha value is -3.81. The molecule has 0 saturated carbocycles. The molecule has 0 spiro atoms. The molecule has 3 aromatic rings. The van der Waals surface area contributed by atoms with Crippen molar-refractivity contribution in [1.29, 1.82) is 0 Å². The number of pyridine rings is 1. The van der Waals surface area contributed by atoms with Gasteiger partial charge in [0.1, 0.15) is 6.10 Å². The second-order valence-corrected chi connectivity index (χ2v) is 8.50. The van der Waals surface area contributed by atoms with Crippen LogP contribution in [0.1, 0.15) is 63.0 Å². The van der Waals surface area contributed by atoms with Crippen molar-refractivity contribution in [3.8, 4) is 22.8 Å². The van der Waals surface area contributed by atoms with Crippen LogP contribution in [0.3, 0.4) is 0 Å². The summed E-state index contributed by atoms with van der Waals surface area (Å²) in [6, 6.07) is 15.8. The highest BCUT2D eigenvalue weighted by atomic mass is 19.4. The number of halogens is 3. The van der Waals surface area contributed by atoms with Gasteiger partial charge in [-0.25, -0.2) is 9.78 Å². The van der Waals surface area contributed by atoms with Gasteiger partial charge in [-0.1, -0.05) is 37.6 Å². The third-order valence-corrected chi connectivity index (χ3v) is 5.66. The minimum absolute atomic E-state index is 0.299. The van der Waals surface area contributed by atoms with Crippen molar-refractivity contribution in [3.05, 3.63) is 83.6 Å². The van der Waals surface area contributed by atoms with Crippen molar-refractivity contribution < 1.29 is 32.2 Å². The maximum Gasteiger partial charge on any atom is 0.416 e. The number of carbonyl (C=O) groups excluding carboxylic acids is 1. The average molecular weight is 528 g/mol. The number of ether oxygens (including phenoxy) is 3. The van der Waals surface area contributed by atoms with E-state index in [2.05, 4.69) is 6.92 Å². The Bertz CT molecular complexity index is 1220. The number of esters is 1. The fourth-order valence-corrected chi connectivity index (χ4v) is 3.78. The van der Waals surface area contributed by atoms with Gasteiger partial charge in [0.2, 0.25) is 0 Å². The van der Waals surface area contributed by atoms with Gasteiger partial charge in [-0.15, -0.1) is 0 Å². The quantitative estimate of drug-likeness (QED) is 0.176. The summed E-state index contributed by atoms with van der Waals surface area (Å²) in [7, 11) is 0. The van der Waals surface area contributed by atoms with Crippen LogP contribution >= 0.6 is 0 Å². The molecule has 38 heavy (non-hydrogen) atoms. The van der Waals surface area contributed by atoms with Gasteiger partial charge in [-0.2, -0.15) is 13.2 Å². The van der Waals surface area contributed by atoms with Gasteiger partial charge in [0.15, 0.2) is 11.5 Å². The van der Waals surface area contributed by atoms with Gasteiger partial charge in [0, 0.05) is 11.6 Å². The molecule has 5 nitrogen and oxygen atoms in total. The van der Waals surface area contributed by atoms with E-state index in [-0.39, 0.29) is 0 Å². The third-order valence-electron chi connectivity index (χ3n) is 5.66. The molecule has 2 aromatic carbocycles. The van der Waals surface area contributed by atoms with E-state index in [9.17, 15) is 18.0 Å². The Balaban J connectivity index is 1.88. The number of unbranched alkanes of at least 4 members (excludes halogenated alkanes) is 1. The fraction of sp³-hybridized carbons (Fsp3) is 0.333. The molecular formula is C30H32F3NO4. The van der Waals surface area contributed by atoms with Crippen LogP contribution in [0, 0.1) is 0 Å². The van der Waals surface area contributed by atoms with Crippen molar-refractivity contribution >= 4 is 12.0 Å². The van der Waals surface area contributed by atoms with Crippen LogP contribution in [-0.2, 0) is 15.7 Å². The van der Waals surface area contributed by atoms with E-state index in [1.807, 2.05) is 25.1 Å². The van der Waals surface area contributed by atoms with Crippen molar-refractivity contribution in [2.75, 3.05) is 13.2 Å². The van der Waals surface area contributed by atoms with Crippen molar-refractivity contribution in [2.45, 2.75) is 52.3 Å². The third kappa shape index (κ3) is 8.10. The monoisotopic (exact) mass is 527 g/mol. The zero-order chi connectivity index (χ0) is 27.5. The molecule has 0 aliphatic rings. The minimum atomic E-state index is -4.39. The van der Waals surface area contributed by atoms with E-state index in [1.54, 1.807) is 31.2 Å². The van der Waals surface area contributed by atoms with Gasteiger partial charge >= 0.3 is 12.1 Å². The van der Waals surface area contributed by atoms with Crippen LogP contribution in [0.4, 0.5) is 13.2 Å². The SMILES string of the molecule is CCCCC(Oc1ccc(/C=C/C(=O)OCC)cc1OCC)c1cccc(-c2ccc(C(F)(F)F)cc2)n1. The zero-order valence-corrected chi connectivity index (χ0v) is 21.8. The number of benzene rings is 2. The first-order chi connectivity index (χ1) is 18.2. The largest absolute Gasteiger partial charge is 0.490 e. The number of aromatic nitrogens is 1. The van der Waals surface area contributed by atoms with Gasteiger partial charge in [0.25, 0.3) is 0 Å². The highest BCUT2D eigenvalue weighted by molar-refractivity contribution is 5.87. The Morgan fingerprint density at radius 3 is 2.39 bits per heavy atom. The molecule has 202 valence electrons. The standard InChI is InChI=1S/C30H32F3NO4/c1-4-7-11-26(25-10-8-9-24(34-25)22-14-16-23(17-15-22)30(31,32)33)38-27-18-12-21(20-28(27)36-5-2)13-19-29(35)37-6-3/h8-10,12-20,26H,4-7,11H2,1-3H3/b19-13+. The number of nitrogens with zero attached hydrogens (tertiary/aromatic N) is 1. The highest BCUT2D eigenvalue weighted by Gasteiger charge is 2.30. The maximum atomic E-state index is 13.0.